The van der Waals surface area contributed by atoms with Crippen molar-refractivity contribution in [1.29, 1.82) is 0 Å². The number of fused-ring (bicyclic) bond motifs is 1. The standard InChI is InChI=1S/C17H21N3O2/c1-19-10-7-13-8-11-20(17(22)15(13)19)12-9-18-16(21)14-5-3-2-4-6-14/h2-3,7-8,10-11,14H,4-6,9,12H2,1H3,(H,18,21). The summed E-state index contributed by atoms with van der Waals surface area (Å²) in [5.74, 6) is 0.175. The predicted octanol–water partition coefficient (Wildman–Crippen LogP) is 1.81. The van der Waals surface area contributed by atoms with Gasteiger partial charge in [-0.15, -0.1) is 0 Å². The molecule has 2 aromatic heterocycles. The van der Waals surface area contributed by atoms with Gasteiger partial charge in [-0.1, -0.05) is 12.2 Å². The van der Waals surface area contributed by atoms with Gasteiger partial charge in [-0.05, 0) is 31.4 Å². The van der Waals surface area contributed by atoms with Crippen LogP contribution in [0.3, 0.4) is 0 Å². The molecule has 1 aliphatic carbocycles. The Kier molecular flexibility index (Phi) is 4.13. The molecule has 1 amide bonds. The van der Waals surface area contributed by atoms with E-state index in [4.69, 9.17) is 0 Å². The Balaban J connectivity index is 1.63. The molecule has 0 aromatic carbocycles. The molecule has 0 bridgehead atoms. The molecule has 0 saturated carbocycles. The molecular formula is C17H21N3O2. The Morgan fingerprint density at radius 3 is 2.91 bits per heavy atom. The summed E-state index contributed by atoms with van der Waals surface area (Å²) >= 11 is 0. The van der Waals surface area contributed by atoms with Gasteiger partial charge in [0.15, 0.2) is 0 Å². The number of aryl methyl sites for hydroxylation is 1. The first-order chi connectivity index (χ1) is 10.7. The third-order valence-corrected chi connectivity index (χ3v) is 4.29. The molecule has 1 atom stereocenters. The van der Waals surface area contributed by atoms with Gasteiger partial charge < -0.3 is 14.5 Å². The number of nitrogens with one attached hydrogen (secondary N) is 1. The summed E-state index contributed by atoms with van der Waals surface area (Å²) in [7, 11) is 1.87. The van der Waals surface area contributed by atoms with Crippen LogP contribution in [0.25, 0.3) is 10.9 Å². The molecule has 1 N–H and O–H groups in total. The average Bonchev–Trinajstić information content (AvgIpc) is 2.92. The fraction of sp³-hybridized carbons (Fsp3) is 0.412. The molecule has 0 radical (unpaired) electrons. The summed E-state index contributed by atoms with van der Waals surface area (Å²) < 4.78 is 3.49. The minimum absolute atomic E-state index is 0.0140. The van der Waals surface area contributed by atoms with Gasteiger partial charge in [0.1, 0.15) is 5.52 Å². The van der Waals surface area contributed by atoms with Gasteiger partial charge in [0.25, 0.3) is 5.56 Å². The maximum atomic E-state index is 12.4. The number of hydrogen-bond donors (Lipinski definition) is 1. The van der Waals surface area contributed by atoms with Crippen molar-refractivity contribution in [3.8, 4) is 0 Å². The van der Waals surface area contributed by atoms with Gasteiger partial charge in [0.2, 0.25) is 5.91 Å². The first kappa shape index (κ1) is 14.6. The van der Waals surface area contributed by atoms with Crippen LogP contribution in [0.4, 0.5) is 0 Å². The largest absolute Gasteiger partial charge is 0.354 e. The summed E-state index contributed by atoms with van der Waals surface area (Å²) in [5, 5.41) is 3.89. The Morgan fingerprint density at radius 2 is 2.14 bits per heavy atom. The number of rotatable bonds is 4. The van der Waals surface area contributed by atoms with E-state index in [2.05, 4.69) is 17.5 Å². The van der Waals surface area contributed by atoms with E-state index < -0.39 is 0 Å². The number of carbonyl (C=O) groups excluding carboxylic acids is 1. The highest BCUT2D eigenvalue weighted by molar-refractivity contribution is 5.79. The third kappa shape index (κ3) is 2.84. The van der Waals surface area contributed by atoms with Crippen molar-refractivity contribution in [3.05, 3.63) is 47.0 Å². The maximum Gasteiger partial charge on any atom is 0.275 e. The average molecular weight is 299 g/mol. The Labute approximate surface area is 129 Å². The highest BCUT2D eigenvalue weighted by atomic mass is 16.2. The number of carbonyl (C=O) groups is 1. The van der Waals surface area contributed by atoms with Gasteiger partial charge >= 0.3 is 0 Å². The lowest BCUT2D eigenvalue weighted by atomic mass is 9.94. The van der Waals surface area contributed by atoms with Crippen molar-refractivity contribution in [2.45, 2.75) is 25.8 Å². The van der Waals surface area contributed by atoms with E-state index >= 15 is 0 Å². The normalized spacial score (nSPS) is 17.8. The van der Waals surface area contributed by atoms with E-state index in [1.54, 1.807) is 10.8 Å². The lowest BCUT2D eigenvalue weighted by molar-refractivity contribution is -0.125. The molecule has 0 spiro atoms. The molecule has 0 fully saturated rings. The summed E-state index contributed by atoms with van der Waals surface area (Å²) in [5.41, 5.74) is 0.686. The fourth-order valence-corrected chi connectivity index (χ4v) is 2.98. The van der Waals surface area contributed by atoms with E-state index in [1.807, 2.05) is 29.9 Å². The van der Waals surface area contributed by atoms with Gasteiger partial charge in [-0.25, -0.2) is 0 Å². The molecule has 0 saturated heterocycles. The fourth-order valence-electron chi connectivity index (χ4n) is 2.98. The highest BCUT2D eigenvalue weighted by Gasteiger charge is 2.18. The lowest BCUT2D eigenvalue weighted by Gasteiger charge is -2.17. The molecule has 5 heteroatoms. The molecule has 0 aliphatic heterocycles. The molecule has 2 aromatic rings. The van der Waals surface area contributed by atoms with Crippen molar-refractivity contribution in [1.82, 2.24) is 14.5 Å². The van der Waals surface area contributed by atoms with Gasteiger partial charge in [-0.2, -0.15) is 0 Å². The van der Waals surface area contributed by atoms with Crippen molar-refractivity contribution in [2.24, 2.45) is 13.0 Å². The van der Waals surface area contributed by atoms with E-state index in [9.17, 15) is 9.59 Å². The molecular weight excluding hydrogens is 278 g/mol. The second kappa shape index (κ2) is 6.22. The quantitative estimate of drug-likeness (QED) is 0.875. The number of allylic oxidation sites excluding steroid dienone is 2. The number of amides is 1. The summed E-state index contributed by atoms with van der Waals surface area (Å²) in [6.45, 7) is 0.975. The van der Waals surface area contributed by atoms with Crippen molar-refractivity contribution in [3.63, 3.8) is 0 Å². The second-order valence-corrected chi connectivity index (χ2v) is 5.82. The van der Waals surface area contributed by atoms with Crippen molar-refractivity contribution >= 4 is 16.8 Å². The molecule has 5 nitrogen and oxygen atoms in total. The van der Waals surface area contributed by atoms with Crippen LogP contribution in [0.2, 0.25) is 0 Å². The predicted molar refractivity (Wildman–Crippen MR) is 86.7 cm³/mol. The molecule has 22 heavy (non-hydrogen) atoms. The Bertz CT molecular complexity index is 770. The van der Waals surface area contributed by atoms with Crippen LogP contribution in [0, 0.1) is 5.92 Å². The smallest absolute Gasteiger partial charge is 0.275 e. The highest BCUT2D eigenvalue weighted by Crippen LogP contribution is 2.17. The summed E-state index contributed by atoms with van der Waals surface area (Å²) in [4.78, 5) is 24.5. The van der Waals surface area contributed by atoms with Crippen LogP contribution in [0.1, 0.15) is 19.3 Å². The second-order valence-electron chi connectivity index (χ2n) is 5.82. The van der Waals surface area contributed by atoms with Crippen LogP contribution in [-0.4, -0.2) is 21.6 Å². The van der Waals surface area contributed by atoms with Crippen molar-refractivity contribution < 1.29 is 4.79 Å². The Hall–Kier alpha value is -2.30. The number of nitrogens with zero attached hydrogens (tertiary/aromatic N) is 2. The minimum Gasteiger partial charge on any atom is -0.354 e. The number of aromatic nitrogens is 2. The van der Waals surface area contributed by atoms with Crippen LogP contribution >= 0.6 is 0 Å². The van der Waals surface area contributed by atoms with E-state index in [0.29, 0.717) is 18.6 Å². The molecule has 1 aliphatic rings. The lowest BCUT2D eigenvalue weighted by Crippen LogP contribution is -2.35. The van der Waals surface area contributed by atoms with Crippen LogP contribution < -0.4 is 10.9 Å². The van der Waals surface area contributed by atoms with Crippen molar-refractivity contribution in [2.75, 3.05) is 6.54 Å². The van der Waals surface area contributed by atoms with Gasteiger partial charge in [-0.3, -0.25) is 9.59 Å². The topological polar surface area (TPSA) is 56.0 Å². The van der Waals surface area contributed by atoms with E-state index in [1.165, 1.54) is 0 Å². The SMILES string of the molecule is Cn1ccc2ccn(CCNC(=O)C3CC=CCC3)c(=O)c21. The van der Waals surface area contributed by atoms with E-state index in [0.717, 1.165) is 24.6 Å². The third-order valence-electron chi connectivity index (χ3n) is 4.29. The summed E-state index contributed by atoms with van der Waals surface area (Å²) in [6.07, 6.45) is 10.6. The first-order valence-corrected chi connectivity index (χ1v) is 7.74. The number of hydrogen-bond acceptors (Lipinski definition) is 2. The number of pyridine rings is 1. The van der Waals surface area contributed by atoms with E-state index in [-0.39, 0.29) is 17.4 Å². The van der Waals surface area contributed by atoms with Gasteiger partial charge in [0, 0.05) is 43.8 Å². The molecule has 3 rings (SSSR count). The first-order valence-electron chi connectivity index (χ1n) is 7.74. The molecule has 116 valence electrons. The van der Waals surface area contributed by atoms with Crippen LogP contribution in [-0.2, 0) is 18.4 Å². The maximum absolute atomic E-state index is 12.4. The van der Waals surface area contributed by atoms with Crippen LogP contribution in [0.5, 0.6) is 0 Å². The Morgan fingerprint density at radius 1 is 1.32 bits per heavy atom. The molecule has 1 unspecified atom stereocenters. The zero-order valence-corrected chi connectivity index (χ0v) is 12.8. The minimum atomic E-state index is -0.0140. The zero-order chi connectivity index (χ0) is 15.5. The van der Waals surface area contributed by atoms with Crippen LogP contribution in [0.15, 0.2) is 41.5 Å². The summed E-state index contributed by atoms with van der Waals surface area (Å²) in [6, 6.07) is 3.87. The zero-order valence-electron chi connectivity index (χ0n) is 12.8. The van der Waals surface area contributed by atoms with Gasteiger partial charge in [0.05, 0.1) is 0 Å². The monoisotopic (exact) mass is 299 g/mol. The molecule has 2 heterocycles.